The van der Waals surface area contributed by atoms with Crippen molar-refractivity contribution in [2.24, 2.45) is 12.0 Å². The van der Waals surface area contributed by atoms with Crippen molar-refractivity contribution in [3.05, 3.63) is 57.9 Å². The van der Waals surface area contributed by atoms with Gasteiger partial charge in [0.1, 0.15) is 0 Å². The first-order valence-electron chi connectivity index (χ1n) is 8.68. The smallest absolute Gasteiger partial charge is 0.252 e. The maximum atomic E-state index is 12.4. The quantitative estimate of drug-likeness (QED) is 0.672. The zero-order valence-electron chi connectivity index (χ0n) is 15.8. The number of thiazole rings is 1. The molecule has 0 radical (unpaired) electrons. The molecule has 0 aliphatic rings. The predicted molar refractivity (Wildman–Crippen MR) is 109 cm³/mol. The summed E-state index contributed by atoms with van der Waals surface area (Å²) < 4.78 is 26.8. The van der Waals surface area contributed by atoms with Crippen LogP contribution in [-0.2, 0) is 28.1 Å². The van der Waals surface area contributed by atoms with Crippen LogP contribution in [0.1, 0.15) is 23.6 Å². The average Bonchev–Trinajstić information content (AvgIpc) is 2.96. The topological polar surface area (TPSA) is 68.5 Å². The minimum Gasteiger partial charge on any atom is -0.319 e. The largest absolute Gasteiger partial charge is 0.319 e. The Labute approximate surface area is 162 Å². The fourth-order valence-electron chi connectivity index (χ4n) is 2.97. The van der Waals surface area contributed by atoms with Gasteiger partial charge in [0.25, 0.3) is 5.91 Å². The Bertz CT molecular complexity index is 1180. The van der Waals surface area contributed by atoms with Gasteiger partial charge in [-0.3, -0.25) is 4.79 Å². The van der Waals surface area contributed by atoms with Gasteiger partial charge in [0.2, 0.25) is 0 Å². The maximum absolute atomic E-state index is 12.4. The number of aryl methyl sites for hydroxylation is 3. The van der Waals surface area contributed by atoms with E-state index in [1.165, 1.54) is 11.3 Å². The molecule has 0 unspecified atom stereocenters. The fraction of sp³-hybridized carbons (Fsp3) is 0.300. The van der Waals surface area contributed by atoms with Crippen LogP contribution in [0.4, 0.5) is 0 Å². The van der Waals surface area contributed by atoms with Gasteiger partial charge in [-0.2, -0.15) is 4.99 Å². The van der Waals surface area contributed by atoms with E-state index in [0.717, 1.165) is 26.9 Å². The molecular weight excluding hydrogens is 380 g/mol. The summed E-state index contributed by atoms with van der Waals surface area (Å²) in [6.07, 6.45) is 0.138. The lowest BCUT2D eigenvalue weighted by atomic mass is 10.1. The van der Waals surface area contributed by atoms with E-state index in [-0.39, 0.29) is 23.0 Å². The molecule has 27 heavy (non-hydrogen) atoms. The van der Waals surface area contributed by atoms with Crippen molar-refractivity contribution in [2.45, 2.75) is 32.1 Å². The fourth-order valence-corrected chi connectivity index (χ4v) is 5.04. The summed E-state index contributed by atoms with van der Waals surface area (Å²) in [4.78, 5) is 17.7. The lowest BCUT2D eigenvalue weighted by molar-refractivity contribution is -0.117. The summed E-state index contributed by atoms with van der Waals surface area (Å²) in [6.45, 7) is 5.71. The van der Waals surface area contributed by atoms with Crippen molar-refractivity contribution < 1.29 is 13.2 Å². The van der Waals surface area contributed by atoms with E-state index < -0.39 is 9.84 Å². The molecule has 1 aromatic heterocycles. The molecule has 0 aliphatic heterocycles. The Morgan fingerprint density at radius 1 is 1.07 bits per heavy atom. The van der Waals surface area contributed by atoms with Crippen molar-refractivity contribution in [1.82, 2.24) is 4.57 Å². The van der Waals surface area contributed by atoms with E-state index >= 15 is 0 Å². The number of sulfone groups is 1. The SMILES string of the molecule is CCS(=O)(=O)c1ccc(CC(=O)N=c2sc3c(C)ccc(C)c3n2C)cc1. The van der Waals surface area contributed by atoms with Crippen LogP contribution in [0.3, 0.4) is 0 Å². The third-order valence-electron chi connectivity index (χ3n) is 4.58. The van der Waals surface area contributed by atoms with Gasteiger partial charge in [0.05, 0.1) is 27.3 Å². The number of benzene rings is 2. The zero-order valence-corrected chi connectivity index (χ0v) is 17.4. The molecule has 0 bridgehead atoms. The van der Waals surface area contributed by atoms with E-state index in [2.05, 4.69) is 24.0 Å². The zero-order chi connectivity index (χ0) is 19.8. The average molecular weight is 403 g/mol. The van der Waals surface area contributed by atoms with Crippen LogP contribution in [0.15, 0.2) is 46.3 Å². The Balaban J connectivity index is 1.90. The van der Waals surface area contributed by atoms with Crippen molar-refractivity contribution in [3.63, 3.8) is 0 Å². The van der Waals surface area contributed by atoms with Crippen LogP contribution in [0, 0.1) is 13.8 Å². The number of carbonyl (C=O) groups is 1. The Hall–Kier alpha value is -2.25. The molecule has 1 amide bonds. The standard InChI is InChI=1S/C20H22N2O3S2/c1-5-27(24,25)16-10-8-15(9-11-16)12-17(23)21-20-22(4)18-13(2)6-7-14(3)19(18)26-20/h6-11H,5,12H2,1-4H3. The summed E-state index contributed by atoms with van der Waals surface area (Å²) in [5.74, 6) is -0.194. The number of amides is 1. The molecule has 0 saturated carbocycles. The lowest BCUT2D eigenvalue weighted by Gasteiger charge is -2.03. The molecule has 5 nitrogen and oxygen atoms in total. The van der Waals surface area contributed by atoms with Crippen molar-refractivity contribution in [2.75, 3.05) is 5.75 Å². The Morgan fingerprint density at radius 3 is 2.30 bits per heavy atom. The van der Waals surface area contributed by atoms with Crippen LogP contribution in [-0.4, -0.2) is 24.6 Å². The summed E-state index contributed by atoms with van der Waals surface area (Å²) in [5.41, 5.74) is 4.16. The first kappa shape index (κ1) is 19.5. The summed E-state index contributed by atoms with van der Waals surface area (Å²) in [6, 6.07) is 10.6. The van der Waals surface area contributed by atoms with Gasteiger partial charge < -0.3 is 4.57 Å². The second kappa shape index (κ2) is 7.40. The molecule has 0 atom stereocenters. The van der Waals surface area contributed by atoms with Crippen LogP contribution in [0.25, 0.3) is 10.2 Å². The van der Waals surface area contributed by atoms with Crippen molar-refractivity contribution >= 4 is 37.3 Å². The number of aromatic nitrogens is 1. The molecule has 0 spiro atoms. The third-order valence-corrected chi connectivity index (χ3v) is 7.60. The van der Waals surface area contributed by atoms with E-state index in [1.54, 1.807) is 31.2 Å². The molecule has 3 rings (SSSR count). The molecule has 0 aliphatic carbocycles. The summed E-state index contributed by atoms with van der Waals surface area (Å²) in [5, 5.41) is 0. The highest BCUT2D eigenvalue weighted by atomic mass is 32.2. The van der Waals surface area contributed by atoms with Crippen LogP contribution >= 0.6 is 11.3 Å². The third kappa shape index (κ3) is 3.89. The van der Waals surface area contributed by atoms with E-state index in [0.29, 0.717) is 4.80 Å². The molecule has 3 aromatic rings. The van der Waals surface area contributed by atoms with Crippen LogP contribution < -0.4 is 4.80 Å². The molecule has 2 aromatic carbocycles. The van der Waals surface area contributed by atoms with Crippen LogP contribution in [0.2, 0.25) is 0 Å². The predicted octanol–water partition coefficient (Wildman–Crippen LogP) is 3.32. The van der Waals surface area contributed by atoms with E-state index in [4.69, 9.17) is 0 Å². The highest BCUT2D eigenvalue weighted by Gasteiger charge is 2.12. The van der Waals surface area contributed by atoms with Gasteiger partial charge in [0.15, 0.2) is 14.6 Å². The molecule has 0 N–H and O–H groups in total. The number of hydrogen-bond donors (Lipinski definition) is 0. The molecule has 1 heterocycles. The van der Waals surface area contributed by atoms with E-state index in [9.17, 15) is 13.2 Å². The summed E-state index contributed by atoms with van der Waals surface area (Å²) >= 11 is 1.51. The first-order valence-corrected chi connectivity index (χ1v) is 11.1. The van der Waals surface area contributed by atoms with E-state index in [1.807, 2.05) is 18.5 Å². The monoisotopic (exact) mass is 402 g/mol. The van der Waals surface area contributed by atoms with Gasteiger partial charge >= 0.3 is 0 Å². The maximum Gasteiger partial charge on any atom is 0.252 e. The summed E-state index contributed by atoms with van der Waals surface area (Å²) in [7, 11) is -1.31. The number of nitrogens with zero attached hydrogens (tertiary/aromatic N) is 2. The van der Waals surface area contributed by atoms with Crippen molar-refractivity contribution in [3.8, 4) is 0 Å². The molecular formula is C20H22N2O3S2. The highest BCUT2D eigenvalue weighted by Crippen LogP contribution is 2.24. The minimum atomic E-state index is -3.23. The van der Waals surface area contributed by atoms with Gasteiger partial charge in [-0.15, -0.1) is 0 Å². The first-order chi connectivity index (χ1) is 12.7. The Morgan fingerprint density at radius 2 is 1.70 bits per heavy atom. The number of carbonyl (C=O) groups excluding carboxylic acids is 1. The molecule has 142 valence electrons. The van der Waals surface area contributed by atoms with Crippen LogP contribution in [0.5, 0.6) is 0 Å². The second-order valence-corrected chi connectivity index (χ2v) is 9.81. The van der Waals surface area contributed by atoms with Crippen molar-refractivity contribution in [1.29, 1.82) is 0 Å². The molecule has 0 saturated heterocycles. The number of fused-ring (bicyclic) bond motifs is 1. The highest BCUT2D eigenvalue weighted by molar-refractivity contribution is 7.91. The minimum absolute atomic E-state index is 0.0574. The number of rotatable bonds is 4. The van der Waals surface area contributed by atoms with Gasteiger partial charge in [-0.1, -0.05) is 42.5 Å². The second-order valence-electron chi connectivity index (χ2n) is 6.55. The number of hydrogen-bond acceptors (Lipinski definition) is 4. The lowest BCUT2D eigenvalue weighted by Crippen LogP contribution is -2.14. The van der Waals surface area contributed by atoms with Gasteiger partial charge in [-0.25, -0.2) is 8.42 Å². The molecule has 7 heteroatoms. The van der Waals surface area contributed by atoms with Gasteiger partial charge in [0, 0.05) is 7.05 Å². The molecule has 0 fully saturated rings. The van der Waals surface area contributed by atoms with Gasteiger partial charge in [-0.05, 0) is 42.7 Å². The normalized spacial score (nSPS) is 12.7. The Kier molecular flexibility index (Phi) is 5.35.